The molecule has 3 heterocycles. The zero-order valence-electron chi connectivity index (χ0n) is 21.3. The molecule has 0 unspecified atom stereocenters. The summed E-state index contributed by atoms with van der Waals surface area (Å²) in [6, 6.07) is 45.7. The summed E-state index contributed by atoms with van der Waals surface area (Å²) >= 11 is 0. The molecule has 7 aromatic rings. The number of hydrogen-bond acceptors (Lipinski definition) is 4. The van der Waals surface area contributed by atoms with Crippen LogP contribution in [0.15, 0.2) is 134 Å². The van der Waals surface area contributed by atoms with Crippen molar-refractivity contribution in [3.63, 3.8) is 0 Å². The molecule has 0 aliphatic carbocycles. The third-order valence-corrected chi connectivity index (χ3v) is 6.35. The quantitative estimate of drug-likeness (QED) is 0.150. The van der Waals surface area contributed by atoms with Crippen LogP contribution in [-0.2, 0) is 20.1 Å². The number of benzene rings is 4. The fourth-order valence-corrected chi connectivity index (χ4v) is 4.42. The Balaban J connectivity index is 0.000000159. The Morgan fingerprint density at radius 3 is 2.05 bits per heavy atom. The van der Waals surface area contributed by atoms with Crippen molar-refractivity contribution in [3.05, 3.63) is 146 Å². The van der Waals surface area contributed by atoms with Crippen LogP contribution in [0.25, 0.3) is 55.4 Å². The van der Waals surface area contributed by atoms with Crippen molar-refractivity contribution in [3.8, 4) is 39.4 Å². The van der Waals surface area contributed by atoms with Crippen LogP contribution in [0.5, 0.6) is 5.75 Å². The molecule has 7 rings (SSSR count). The summed E-state index contributed by atoms with van der Waals surface area (Å²) in [5.41, 5.74) is 7.25. The number of phenolic OH excluding ortho intramolecular Hbond substituents is 1. The molecule has 0 fully saturated rings. The fraction of sp³-hybridized carbons (Fsp3) is 0. The van der Waals surface area contributed by atoms with Crippen LogP contribution in [0.2, 0.25) is 0 Å². The third-order valence-electron chi connectivity index (χ3n) is 6.35. The van der Waals surface area contributed by atoms with Gasteiger partial charge in [-0.15, -0.1) is 23.8 Å². The average molecular weight is 694 g/mol. The number of fused-ring (bicyclic) bond motifs is 3. The van der Waals surface area contributed by atoms with Crippen molar-refractivity contribution in [1.29, 1.82) is 0 Å². The van der Waals surface area contributed by atoms with Crippen molar-refractivity contribution in [1.82, 2.24) is 15.0 Å². The number of hydrogen-bond donors (Lipinski definition) is 1. The van der Waals surface area contributed by atoms with E-state index in [2.05, 4.69) is 22.1 Å². The third kappa shape index (κ3) is 5.81. The Morgan fingerprint density at radius 2 is 1.25 bits per heavy atom. The maximum atomic E-state index is 9.99. The summed E-state index contributed by atoms with van der Waals surface area (Å²) in [5, 5.41) is 12.1. The van der Waals surface area contributed by atoms with Gasteiger partial charge >= 0.3 is 0 Å². The first-order valence-corrected chi connectivity index (χ1v) is 12.6. The molecule has 0 aliphatic heterocycles. The first kappa shape index (κ1) is 26.9. The van der Waals surface area contributed by atoms with Crippen LogP contribution in [-0.4, -0.2) is 20.1 Å². The second kappa shape index (κ2) is 12.4. The molecular formula is C35H23IrN3O-2. The molecule has 0 saturated carbocycles. The number of phenols is 1. The monoisotopic (exact) mass is 694 g/mol. The minimum Gasteiger partial charge on any atom is -0.507 e. The number of nitrogens with zero attached hydrogens (tertiary/aromatic N) is 3. The molecule has 1 radical (unpaired) electrons. The number of para-hydroxylation sites is 1. The smallest absolute Gasteiger partial charge is 0.124 e. The minimum atomic E-state index is 0. The van der Waals surface area contributed by atoms with Gasteiger partial charge in [-0.1, -0.05) is 48.5 Å². The molecule has 195 valence electrons. The molecule has 0 saturated heterocycles. The molecule has 0 atom stereocenters. The molecule has 0 amide bonds. The van der Waals surface area contributed by atoms with E-state index in [1.807, 2.05) is 109 Å². The second-order valence-electron chi connectivity index (χ2n) is 8.90. The van der Waals surface area contributed by atoms with Crippen molar-refractivity contribution in [2.24, 2.45) is 0 Å². The van der Waals surface area contributed by atoms with Crippen LogP contribution in [0, 0.1) is 12.1 Å². The molecule has 0 bridgehead atoms. The maximum Gasteiger partial charge on any atom is 0.124 e. The second-order valence-corrected chi connectivity index (χ2v) is 8.90. The van der Waals surface area contributed by atoms with Crippen LogP contribution < -0.4 is 0 Å². The van der Waals surface area contributed by atoms with Crippen LogP contribution in [0.3, 0.4) is 0 Å². The number of aromatic nitrogens is 3. The van der Waals surface area contributed by atoms with Gasteiger partial charge in [0.15, 0.2) is 0 Å². The van der Waals surface area contributed by atoms with E-state index in [4.69, 9.17) is 4.98 Å². The Kier molecular flexibility index (Phi) is 8.36. The number of aromatic hydroxyl groups is 1. The van der Waals surface area contributed by atoms with Crippen molar-refractivity contribution in [2.75, 3.05) is 0 Å². The topological polar surface area (TPSA) is 58.9 Å². The normalized spacial score (nSPS) is 10.4. The predicted octanol–water partition coefficient (Wildman–Crippen LogP) is 8.17. The maximum absolute atomic E-state index is 9.99. The molecule has 4 aromatic carbocycles. The van der Waals surface area contributed by atoms with Gasteiger partial charge in [0.1, 0.15) is 5.75 Å². The Morgan fingerprint density at radius 1 is 0.525 bits per heavy atom. The molecular weight excluding hydrogens is 671 g/mol. The first-order chi connectivity index (χ1) is 19.3. The summed E-state index contributed by atoms with van der Waals surface area (Å²) in [6.07, 6.45) is 3.57. The van der Waals surface area contributed by atoms with Gasteiger partial charge in [-0.05, 0) is 30.3 Å². The molecule has 3 aromatic heterocycles. The largest absolute Gasteiger partial charge is 0.507 e. The Labute approximate surface area is 246 Å². The van der Waals surface area contributed by atoms with Crippen LogP contribution in [0.4, 0.5) is 0 Å². The molecule has 40 heavy (non-hydrogen) atoms. The average Bonchev–Trinajstić information content (AvgIpc) is 3.02. The zero-order valence-corrected chi connectivity index (χ0v) is 23.7. The van der Waals surface area contributed by atoms with E-state index >= 15 is 0 Å². The van der Waals surface area contributed by atoms with Crippen molar-refractivity contribution < 1.29 is 25.2 Å². The van der Waals surface area contributed by atoms with Gasteiger partial charge in [0, 0.05) is 54.5 Å². The Bertz CT molecular complexity index is 1820. The SMILES string of the molecule is Oc1ccccc1-c1ccc2ccc3cccnc3c2n1.[Ir].[c-]1ccccc1-c1[c-]c(-c2ccccn2)ccc1. The van der Waals surface area contributed by atoms with Gasteiger partial charge in [-0.2, -0.15) is 42.0 Å². The number of rotatable bonds is 3. The molecule has 0 spiro atoms. The van der Waals surface area contributed by atoms with Gasteiger partial charge < -0.3 is 5.11 Å². The van der Waals surface area contributed by atoms with Crippen LogP contribution in [0.1, 0.15) is 0 Å². The molecule has 0 aliphatic rings. The standard InChI is InChI=1S/C18H12N2O.C17H11N.Ir/c21-16-6-2-1-5-14(16)15-10-9-13-8-7-12-4-3-11-19-17(12)18(13)20-15;1-2-7-14(8-3-1)15-9-6-10-16(13-15)17-11-4-5-12-18-17;/h1-11,21H;1-7,9-12H;/q;-2;. The fourth-order valence-electron chi connectivity index (χ4n) is 4.42. The predicted molar refractivity (Wildman–Crippen MR) is 157 cm³/mol. The van der Waals surface area contributed by atoms with E-state index < -0.39 is 0 Å². The summed E-state index contributed by atoms with van der Waals surface area (Å²) in [6.45, 7) is 0. The van der Waals surface area contributed by atoms with E-state index in [9.17, 15) is 5.11 Å². The van der Waals surface area contributed by atoms with Gasteiger partial charge in [-0.25, -0.2) is 10.5 Å². The minimum absolute atomic E-state index is 0. The Hall–Kier alpha value is -4.70. The molecule has 4 nitrogen and oxygen atoms in total. The van der Waals surface area contributed by atoms with Gasteiger partial charge in [-0.3, -0.25) is 9.97 Å². The molecule has 1 N–H and O–H groups in total. The van der Waals surface area contributed by atoms with Crippen molar-refractivity contribution in [2.45, 2.75) is 0 Å². The van der Waals surface area contributed by atoms with E-state index in [0.717, 1.165) is 55.4 Å². The van der Waals surface area contributed by atoms with E-state index in [1.165, 1.54) is 0 Å². The summed E-state index contributed by atoms with van der Waals surface area (Å²) < 4.78 is 0. The van der Waals surface area contributed by atoms with Crippen LogP contribution >= 0.6 is 0 Å². The van der Waals surface area contributed by atoms with E-state index in [1.54, 1.807) is 24.5 Å². The first-order valence-electron chi connectivity index (χ1n) is 12.6. The summed E-state index contributed by atoms with van der Waals surface area (Å²) in [7, 11) is 0. The van der Waals surface area contributed by atoms with E-state index in [-0.39, 0.29) is 25.9 Å². The summed E-state index contributed by atoms with van der Waals surface area (Å²) in [4.78, 5) is 13.5. The van der Waals surface area contributed by atoms with E-state index in [0.29, 0.717) is 0 Å². The number of pyridine rings is 3. The van der Waals surface area contributed by atoms with Gasteiger partial charge in [0.25, 0.3) is 0 Å². The zero-order chi connectivity index (χ0) is 26.4. The van der Waals surface area contributed by atoms with Crippen molar-refractivity contribution >= 4 is 21.8 Å². The molecule has 5 heteroatoms. The van der Waals surface area contributed by atoms with Gasteiger partial charge in [0.05, 0.1) is 16.7 Å². The summed E-state index contributed by atoms with van der Waals surface area (Å²) in [5.74, 6) is 0.234. The van der Waals surface area contributed by atoms with Gasteiger partial charge in [0.2, 0.25) is 0 Å².